The van der Waals surface area contributed by atoms with Gasteiger partial charge in [0.2, 0.25) is 5.91 Å². The first-order valence-corrected chi connectivity index (χ1v) is 10.7. The van der Waals surface area contributed by atoms with Crippen LogP contribution in [0.15, 0.2) is 41.8 Å². The number of carbonyl (C=O) groups excluding carboxylic acids is 2. The summed E-state index contributed by atoms with van der Waals surface area (Å²) < 4.78 is 37.9. The van der Waals surface area contributed by atoms with E-state index in [-0.39, 0.29) is 22.2 Å². The number of likely N-dealkylation sites (N-methyl/N-ethyl adjacent to an activating group) is 1. The van der Waals surface area contributed by atoms with Gasteiger partial charge in [-0.25, -0.2) is 4.79 Å². The van der Waals surface area contributed by atoms with Gasteiger partial charge >= 0.3 is 12.2 Å². The Bertz CT molecular complexity index is 857. The van der Waals surface area contributed by atoms with Gasteiger partial charge in [0, 0.05) is 30.7 Å². The molecule has 1 aromatic heterocycles. The highest BCUT2D eigenvalue weighted by Crippen LogP contribution is 2.44. The molecule has 0 spiro atoms. The predicted molar refractivity (Wildman–Crippen MR) is 109 cm³/mol. The summed E-state index contributed by atoms with van der Waals surface area (Å²) in [6.07, 6.45) is -4.42. The summed E-state index contributed by atoms with van der Waals surface area (Å²) in [4.78, 5) is 29.1. The fourth-order valence-electron chi connectivity index (χ4n) is 2.87. The molecule has 1 aliphatic rings. The molecule has 1 aliphatic heterocycles. The van der Waals surface area contributed by atoms with Crippen molar-refractivity contribution in [2.45, 2.75) is 23.7 Å². The lowest BCUT2D eigenvalue weighted by Gasteiger charge is -2.26. The van der Waals surface area contributed by atoms with Crippen molar-refractivity contribution in [3.63, 3.8) is 0 Å². The largest absolute Gasteiger partial charge is 0.416 e. The zero-order chi connectivity index (χ0) is 21.2. The summed E-state index contributed by atoms with van der Waals surface area (Å²) in [5.41, 5.74) is -0.504. The normalized spacial score (nSPS) is 19.5. The summed E-state index contributed by atoms with van der Waals surface area (Å²) in [6.45, 7) is 2.54. The number of alkyl halides is 3. The number of anilines is 1. The number of thiophene rings is 1. The number of nitrogens with one attached hydrogen (secondary N) is 1. The first kappa shape index (κ1) is 21.5. The van der Waals surface area contributed by atoms with Crippen LogP contribution in [0.4, 0.5) is 23.7 Å². The Morgan fingerprint density at radius 1 is 1.24 bits per heavy atom. The second-order valence-electron chi connectivity index (χ2n) is 6.60. The number of hydrogen-bond donors (Lipinski definition) is 1. The molecule has 1 saturated heterocycles. The Kier molecular flexibility index (Phi) is 6.42. The SMILES string of the molecule is CC1SC(c2cccs2)N(CCN(C)C(=O)Nc2ccc(C(F)(F)F)cc2)C1=O. The number of benzene rings is 1. The van der Waals surface area contributed by atoms with Crippen molar-refractivity contribution >= 4 is 40.7 Å². The number of urea groups is 1. The lowest BCUT2D eigenvalue weighted by molar-refractivity contribution is -0.137. The molecule has 3 rings (SSSR count). The molecule has 1 fully saturated rings. The van der Waals surface area contributed by atoms with Crippen molar-refractivity contribution in [3.05, 3.63) is 52.2 Å². The number of halogens is 3. The average Bonchev–Trinajstić information content (AvgIpc) is 3.29. The Hall–Kier alpha value is -2.20. The molecule has 0 radical (unpaired) electrons. The van der Waals surface area contributed by atoms with Crippen LogP contribution < -0.4 is 5.32 Å². The number of thioether (sulfide) groups is 1. The molecular weight excluding hydrogens is 423 g/mol. The summed E-state index contributed by atoms with van der Waals surface area (Å²) in [6, 6.07) is 7.74. The van der Waals surface area contributed by atoms with Crippen LogP contribution in [0.5, 0.6) is 0 Å². The fraction of sp³-hybridized carbons (Fsp3) is 0.368. The number of carbonyl (C=O) groups is 2. The zero-order valence-corrected chi connectivity index (χ0v) is 17.4. The molecule has 2 aromatic rings. The van der Waals surface area contributed by atoms with Gasteiger partial charge in [-0.15, -0.1) is 23.1 Å². The third kappa shape index (κ3) is 5.05. The first-order chi connectivity index (χ1) is 13.7. The standard InChI is InChI=1S/C19H20F3N3O2S2/c1-12-16(26)25(17(29-12)15-4-3-11-28-15)10-9-24(2)18(27)23-14-7-5-13(6-8-14)19(20,21)22/h3-8,11-12,17H,9-10H2,1-2H3,(H,23,27). The number of rotatable bonds is 5. The molecule has 2 atom stereocenters. The van der Waals surface area contributed by atoms with Crippen LogP contribution in [-0.2, 0) is 11.0 Å². The van der Waals surface area contributed by atoms with Gasteiger partial charge in [0.15, 0.2) is 0 Å². The van der Waals surface area contributed by atoms with Crippen molar-refractivity contribution in [2.75, 3.05) is 25.5 Å². The summed E-state index contributed by atoms with van der Waals surface area (Å²) in [5, 5.41) is 4.32. The minimum absolute atomic E-state index is 0.0324. The molecule has 0 aliphatic carbocycles. The van der Waals surface area contributed by atoms with E-state index in [2.05, 4.69) is 5.32 Å². The van der Waals surface area contributed by atoms with Gasteiger partial charge in [0.25, 0.3) is 0 Å². The highest BCUT2D eigenvalue weighted by atomic mass is 32.2. The molecule has 2 heterocycles. The van der Waals surface area contributed by atoms with Gasteiger partial charge in [-0.05, 0) is 42.6 Å². The molecule has 3 amide bonds. The van der Waals surface area contributed by atoms with E-state index in [0.29, 0.717) is 13.1 Å². The molecule has 0 bridgehead atoms. The molecule has 5 nitrogen and oxygen atoms in total. The minimum Gasteiger partial charge on any atom is -0.326 e. The lowest BCUT2D eigenvalue weighted by atomic mass is 10.2. The third-order valence-corrected chi connectivity index (χ3v) is 6.97. The Morgan fingerprint density at radius 2 is 1.93 bits per heavy atom. The predicted octanol–water partition coefficient (Wildman–Crippen LogP) is 4.89. The van der Waals surface area contributed by atoms with E-state index in [1.807, 2.05) is 24.4 Å². The van der Waals surface area contributed by atoms with E-state index in [0.717, 1.165) is 17.0 Å². The Morgan fingerprint density at radius 3 is 2.52 bits per heavy atom. The molecule has 156 valence electrons. The average molecular weight is 444 g/mol. The van der Waals surface area contributed by atoms with Crippen LogP contribution in [0.1, 0.15) is 22.7 Å². The molecule has 1 N–H and O–H groups in total. The zero-order valence-electron chi connectivity index (χ0n) is 15.8. The van der Waals surface area contributed by atoms with Crippen LogP contribution in [0.25, 0.3) is 0 Å². The van der Waals surface area contributed by atoms with E-state index in [4.69, 9.17) is 0 Å². The second-order valence-corrected chi connectivity index (χ2v) is 9.01. The van der Waals surface area contributed by atoms with Crippen molar-refractivity contribution in [3.8, 4) is 0 Å². The van der Waals surface area contributed by atoms with Gasteiger partial charge in [-0.2, -0.15) is 13.2 Å². The topological polar surface area (TPSA) is 52.6 Å². The molecule has 1 aromatic carbocycles. The highest BCUT2D eigenvalue weighted by Gasteiger charge is 2.38. The molecule has 0 saturated carbocycles. The molecular formula is C19H20F3N3O2S2. The van der Waals surface area contributed by atoms with Crippen LogP contribution >= 0.6 is 23.1 Å². The van der Waals surface area contributed by atoms with Crippen molar-refractivity contribution in [1.29, 1.82) is 0 Å². The second kappa shape index (κ2) is 8.66. The molecule has 29 heavy (non-hydrogen) atoms. The van der Waals surface area contributed by atoms with E-state index in [1.54, 1.807) is 35.0 Å². The van der Waals surface area contributed by atoms with Crippen LogP contribution in [0, 0.1) is 0 Å². The maximum atomic E-state index is 12.6. The minimum atomic E-state index is -4.42. The summed E-state index contributed by atoms with van der Waals surface area (Å²) in [7, 11) is 1.58. The lowest BCUT2D eigenvalue weighted by Crippen LogP contribution is -2.40. The van der Waals surface area contributed by atoms with Gasteiger partial charge in [0.05, 0.1) is 10.8 Å². The molecule has 2 unspecified atom stereocenters. The number of hydrogen-bond acceptors (Lipinski definition) is 4. The quantitative estimate of drug-likeness (QED) is 0.716. The maximum absolute atomic E-state index is 12.6. The summed E-state index contributed by atoms with van der Waals surface area (Å²) >= 11 is 3.17. The third-order valence-electron chi connectivity index (χ3n) is 4.52. The highest BCUT2D eigenvalue weighted by molar-refractivity contribution is 8.01. The van der Waals surface area contributed by atoms with E-state index < -0.39 is 17.8 Å². The number of amides is 3. The van der Waals surface area contributed by atoms with Crippen molar-refractivity contribution in [2.24, 2.45) is 0 Å². The first-order valence-electron chi connectivity index (χ1n) is 8.85. The molecule has 10 heteroatoms. The van der Waals surface area contributed by atoms with Gasteiger partial charge < -0.3 is 15.1 Å². The smallest absolute Gasteiger partial charge is 0.326 e. The van der Waals surface area contributed by atoms with Gasteiger partial charge in [-0.3, -0.25) is 4.79 Å². The Balaban J connectivity index is 1.57. The fourth-order valence-corrected chi connectivity index (χ4v) is 5.13. The number of nitrogens with zero attached hydrogens (tertiary/aromatic N) is 2. The van der Waals surface area contributed by atoms with E-state index in [9.17, 15) is 22.8 Å². The van der Waals surface area contributed by atoms with Crippen LogP contribution in [-0.4, -0.2) is 47.1 Å². The monoisotopic (exact) mass is 443 g/mol. The van der Waals surface area contributed by atoms with Gasteiger partial charge in [0.1, 0.15) is 5.37 Å². The summed E-state index contributed by atoms with van der Waals surface area (Å²) in [5.74, 6) is 0.0324. The van der Waals surface area contributed by atoms with Crippen LogP contribution in [0.2, 0.25) is 0 Å². The Labute approximate surface area is 174 Å². The van der Waals surface area contributed by atoms with E-state index >= 15 is 0 Å². The van der Waals surface area contributed by atoms with Crippen molar-refractivity contribution in [1.82, 2.24) is 9.80 Å². The van der Waals surface area contributed by atoms with E-state index in [1.165, 1.54) is 17.0 Å². The van der Waals surface area contributed by atoms with Gasteiger partial charge in [-0.1, -0.05) is 6.07 Å². The van der Waals surface area contributed by atoms with Crippen LogP contribution in [0.3, 0.4) is 0 Å². The van der Waals surface area contributed by atoms with Crippen molar-refractivity contribution < 1.29 is 22.8 Å². The maximum Gasteiger partial charge on any atom is 0.416 e.